The number of amides is 1. The van der Waals surface area contributed by atoms with Gasteiger partial charge in [0.05, 0.1) is 5.56 Å². The van der Waals surface area contributed by atoms with Crippen LogP contribution in [0.4, 0.5) is 17.6 Å². The molecule has 1 amide bonds. The van der Waals surface area contributed by atoms with Gasteiger partial charge in [-0.15, -0.1) is 0 Å². The van der Waals surface area contributed by atoms with E-state index in [1.807, 2.05) is 5.32 Å². The van der Waals surface area contributed by atoms with Crippen LogP contribution >= 0.6 is 0 Å². The van der Waals surface area contributed by atoms with E-state index in [1.165, 1.54) is 0 Å². The number of nitrogens with one attached hydrogen (secondary N) is 1. The lowest BCUT2D eigenvalue weighted by Crippen LogP contribution is -2.41. The first-order valence-corrected chi connectivity index (χ1v) is 5.66. The van der Waals surface area contributed by atoms with Crippen molar-refractivity contribution < 1.29 is 32.3 Å². The zero-order valence-corrected chi connectivity index (χ0v) is 10.3. The predicted molar refractivity (Wildman–Crippen MR) is 60.1 cm³/mol. The molecule has 110 valence electrons. The summed E-state index contributed by atoms with van der Waals surface area (Å²) in [6.07, 6.45) is 0.459. The second-order valence-electron chi connectivity index (χ2n) is 4.00. The van der Waals surface area contributed by atoms with Crippen LogP contribution < -0.4 is 5.32 Å². The molecule has 2 N–H and O–H groups in total. The van der Waals surface area contributed by atoms with Gasteiger partial charge in [-0.05, 0) is 12.5 Å². The van der Waals surface area contributed by atoms with Crippen molar-refractivity contribution in [1.82, 2.24) is 5.32 Å². The molecule has 0 heterocycles. The van der Waals surface area contributed by atoms with Crippen LogP contribution in [0.1, 0.15) is 30.1 Å². The number of aliphatic carboxylic acids is 1. The first kappa shape index (κ1) is 15.9. The third-order valence-corrected chi connectivity index (χ3v) is 2.53. The first-order valence-electron chi connectivity index (χ1n) is 5.66. The van der Waals surface area contributed by atoms with Gasteiger partial charge in [0.25, 0.3) is 5.91 Å². The van der Waals surface area contributed by atoms with Crippen molar-refractivity contribution in [2.45, 2.75) is 25.8 Å². The molecule has 0 aromatic heterocycles. The van der Waals surface area contributed by atoms with Crippen LogP contribution in [-0.4, -0.2) is 23.0 Å². The molecule has 0 saturated carbocycles. The Morgan fingerprint density at radius 1 is 1.20 bits per heavy atom. The fourth-order valence-corrected chi connectivity index (χ4v) is 1.52. The highest BCUT2D eigenvalue weighted by molar-refractivity contribution is 5.96. The van der Waals surface area contributed by atoms with Crippen molar-refractivity contribution in [3.63, 3.8) is 0 Å². The van der Waals surface area contributed by atoms with E-state index in [1.54, 1.807) is 6.92 Å². The minimum absolute atomic E-state index is 0.0504. The molecule has 0 aliphatic rings. The number of carbonyl (C=O) groups excluding carboxylic acids is 1. The highest BCUT2D eigenvalue weighted by Crippen LogP contribution is 2.18. The van der Waals surface area contributed by atoms with Gasteiger partial charge in [-0.2, -0.15) is 0 Å². The van der Waals surface area contributed by atoms with Crippen LogP contribution in [0.5, 0.6) is 0 Å². The van der Waals surface area contributed by atoms with Crippen molar-refractivity contribution in [1.29, 1.82) is 0 Å². The molecule has 0 aliphatic carbocycles. The maximum atomic E-state index is 13.3. The summed E-state index contributed by atoms with van der Waals surface area (Å²) in [4.78, 5) is 22.4. The molecular formula is C12H11F4NO3. The van der Waals surface area contributed by atoms with Gasteiger partial charge < -0.3 is 10.4 Å². The number of carbonyl (C=O) groups is 2. The number of carboxylic acids is 1. The molecule has 4 nitrogen and oxygen atoms in total. The molecule has 0 spiro atoms. The first-order chi connectivity index (χ1) is 9.29. The fourth-order valence-electron chi connectivity index (χ4n) is 1.52. The van der Waals surface area contributed by atoms with Crippen molar-refractivity contribution in [2.24, 2.45) is 0 Å². The SMILES string of the molecule is CCC[C@@H](NC(=O)c1cc(F)c(F)c(F)c1F)C(=O)O. The predicted octanol–water partition coefficient (Wildman–Crippen LogP) is 2.23. The van der Waals surface area contributed by atoms with Gasteiger partial charge in [-0.3, -0.25) is 4.79 Å². The highest BCUT2D eigenvalue weighted by atomic mass is 19.2. The summed E-state index contributed by atoms with van der Waals surface area (Å²) in [5.74, 6) is -10.5. The smallest absolute Gasteiger partial charge is 0.326 e. The molecule has 8 heteroatoms. The largest absolute Gasteiger partial charge is 0.480 e. The van der Waals surface area contributed by atoms with Gasteiger partial charge >= 0.3 is 5.97 Å². The van der Waals surface area contributed by atoms with Gasteiger partial charge in [-0.25, -0.2) is 22.4 Å². The molecule has 0 radical (unpaired) electrons. The lowest BCUT2D eigenvalue weighted by molar-refractivity contribution is -0.139. The molecule has 1 rings (SSSR count). The molecular weight excluding hydrogens is 282 g/mol. The minimum atomic E-state index is -2.13. The van der Waals surface area contributed by atoms with Crippen LogP contribution in [0.3, 0.4) is 0 Å². The number of benzene rings is 1. The molecule has 0 fully saturated rings. The third kappa shape index (κ3) is 3.25. The zero-order chi connectivity index (χ0) is 15.4. The number of hydrogen-bond donors (Lipinski definition) is 2. The van der Waals surface area contributed by atoms with Gasteiger partial charge in [0.1, 0.15) is 6.04 Å². The number of rotatable bonds is 5. The Morgan fingerprint density at radius 2 is 1.80 bits per heavy atom. The second kappa shape index (κ2) is 6.36. The van der Waals surface area contributed by atoms with E-state index in [9.17, 15) is 27.2 Å². The monoisotopic (exact) mass is 293 g/mol. The number of carboxylic acid groups (broad SMARTS) is 1. The second-order valence-corrected chi connectivity index (χ2v) is 4.00. The summed E-state index contributed by atoms with van der Waals surface area (Å²) in [7, 11) is 0. The van der Waals surface area contributed by atoms with E-state index >= 15 is 0 Å². The number of hydrogen-bond acceptors (Lipinski definition) is 2. The Kier molecular flexibility index (Phi) is 5.06. The van der Waals surface area contributed by atoms with Gasteiger partial charge in [0.2, 0.25) is 0 Å². The lowest BCUT2D eigenvalue weighted by atomic mass is 10.1. The summed E-state index contributed by atoms with van der Waals surface area (Å²) < 4.78 is 52.0. The van der Waals surface area contributed by atoms with Crippen LogP contribution in [0.2, 0.25) is 0 Å². The van der Waals surface area contributed by atoms with E-state index in [-0.39, 0.29) is 12.5 Å². The molecule has 0 aliphatic heterocycles. The van der Waals surface area contributed by atoms with E-state index in [0.717, 1.165) is 0 Å². The number of halogens is 4. The molecule has 0 saturated heterocycles. The fraction of sp³-hybridized carbons (Fsp3) is 0.333. The van der Waals surface area contributed by atoms with E-state index in [2.05, 4.69) is 0 Å². The molecule has 1 aromatic carbocycles. The van der Waals surface area contributed by atoms with Crippen molar-refractivity contribution >= 4 is 11.9 Å². The van der Waals surface area contributed by atoms with E-state index < -0.39 is 46.8 Å². The zero-order valence-electron chi connectivity index (χ0n) is 10.3. The van der Waals surface area contributed by atoms with Crippen LogP contribution in [0, 0.1) is 23.3 Å². The minimum Gasteiger partial charge on any atom is -0.480 e. The maximum Gasteiger partial charge on any atom is 0.326 e. The lowest BCUT2D eigenvalue weighted by Gasteiger charge is -2.14. The summed E-state index contributed by atoms with van der Waals surface area (Å²) in [5.41, 5.74) is -1.09. The molecule has 0 bridgehead atoms. The van der Waals surface area contributed by atoms with E-state index in [0.29, 0.717) is 6.42 Å². The van der Waals surface area contributed by atoms with Gasteiger partial charge in [0.15, 0.2) is 23.3 Å². The molecule has 1 atom stereocenters. The van der Waals surface area contributed by atoms with Crippen molar-refractivity contribution in [3.8, 4) is 0 Å². The summed E-state index contributed by atoms with van der Waals surface area (Å²) in [6, 6.07) is -1.16. The van der Waals surface area contributed by atoms with Crippen LogP contribution in [-0.2, 0) is 4.79 Å². The van der Waals surface area contributed by atoms with Crippen LogP contribution in [0.15, 0.2) is 6.07 Å². The summed E-state index contributed by atoms with van der Waals surface area (Å²) >= 11 is 0. The Morgan fingerprint density at radius 3 is 2.30 bits per heavy atom. The van der Waals surface area contributed by atoms with Gasteiger partial charge in [0, 0.05) is 0 Å². The highest BCUT2D eigenvalue weighted by Gasteiger charge is 2.26. The topological polar surface area (TPSA) is 66.4 Å². The Bertz CT molecular complexity index is 548. The molecule has 0 unspecified atom stereocenters. The maximum absolute atomic E-state index is 13.3. The van der Waals surface area contributed by atoms with Gasteiger partial charge in [-0.1, -0.05) is 13.3 Å². The quantitative estimate of drug-likeness (QED) is 0.497. The van der Waals surface area contributed by atoms with E-state index in [4.69, 9.17) is 5.11 Å². The van der Waals surface area contributed by atoms with Crippen molar-refractivity contribution in [2.75, 3.05) is 0 Å². The van der Waals surface area contributed by atoms with Crippen LogP contribution in [0.25, 0.3) is 0 Å². The molecule has 1 aromatic rings. The standard InChI is InChI=1S/C12H11F4NO3/c1-2-3-7(12(19)20)17-11(18)5-4-6(13)9(15)10(16)8(5)14/h4,7H,2-3H2,1H3,(H,17,18)(H,19,20)/t7-/m1/s1. The summed E-state index contributed by atoms with van der Waals surface area (Å²) in [5, 5.41) is 10.7. The average molecular weight is 293 g/mol. The Labute approximate surface area is 111 Å². The Balaban J connectivity index is 3.07. The van der Waals surface area contributed by atoms with Crippen molar-refractivity contribution in [3.05, 3.63) is 34.9 Å². The average Bonchev–Trinajstić information content (AvgIpc) is 2.39. The third-order valence-electron chi connectivity index (χ3n) is 2.53. The Hall–Kier alpha value is -2.12. The molecule has 20 heavy (non-hydrogen) atoms. The summed E-state index contributed by atoms with van der Waals surface area (Å²) in [6.45, 7) is 1.65. The normalized spacial score (nSPS) is 12.1.